The first-order chi connectivity index (χ1) is 12.7. The van der Waals surface area contributed by atoms with E-state index < -0.39 is 0 Å². The van der Waals surface area contributed by atoms with Crippen molar-refractivity contribution in [2.45, 2.75) is 18.9 Å². The lowest BCUT2D eigenvalue weighted by atomic mass is 10.2. The predicted octanol–water partition coefficient (Wildman–Crippen LogP) is 3.47. The topological polar surface area (TPSA) is 72.7 Å². The fraction of sp³-hybridized carbons (Fsp3) is 0.158. The summed E-state index contributed by atoms with van der Waals surface area (Å²) in [5, 5.41) is 14.7. The molecular weight excluding hydrogens is 333 g/mol. The van der Waals surface area contributed by atoms with Crippen molar-refractivity contribution in [1.29, 1.82) is 0 Å². The largest absolute Gasteiger partial charge is 0.323 e. The number of halogens is 1. The summed E-state index contributed by atoms with van der Waals surface area (Å²) in [7, 11) is 0. The molecule has 7 heteroatoms. The van der Waals surface area contributed by atoms with Crippen molar-refractivity contribution in [3.8, 4) is 11.4 Å². The molecule has 0 unspecified atom stereocenters. The van der Waals surface area contributed by atoms with Crippen LogP contribution in [0.3, 0.4) is 0 Å². The minimum absolute atomic E-state index is 0.259. The molecule has 0 bridgehead atoms. The van der Waals surface area contributed by atoms with Crippen LogP contribution in [0.5, 0.6) is 0 Å². The van der Waals surface area contributed by atoms with Gasteiger partial charge in [0.25, 0.3) is 0 Å². The average molecular weight is 349 g/mol. The van der Waals surface area contributed by atoms with Crippen molar-refractivity contribution in [2.24, 2.45) is 0 Å². The summed E-state index contributed by atoms with van der Waals surface area (Å²) >= 11 is 0. The van der Waals surface area contributed by atoms with E-state index in [1.54, 1.807) is 18.2 Å². The monoisotopic (exact) mass is 349 g/mol. The number of benzene rings is 2. The van der Waals surface area contributed by atoms with Crippen LogP contribution in [-0.2, 0) is 4.79 Å². The molecule has 2 aromatic carbocycles. The number of anilines is 1. The summed E-state index contributed by atoms with van der Waals surface area (Å²) in [6.45, 7) is 0. The zero-order valence-corrected chi connectivity index (χ0v) is 13.8. The number of hydrogen-bond donors (Lipinski definition) is 1. The number of rotatable bonds is 5. The van der Waals surface area contributed by atoms with Gasteiger partial charge in [-0.1, -0.05) is 12.1 Å². The van der Waals surface area contributed by atoms with Crippen molar-refractivity contribution in [2.75, 3.05) is 5.32 Å². The van der Waals surface area contributed by atoms with Crippen LogP contribution in [0.2, 0.25) is 0 Å². The lowest BCUT2D eigenvalue weighted by molar-refractivity contribution is -0.111. The molecule has 1 amide bonds. The first-order valence-electron chi connectivity index (χ1n) is 8.32. The molecule has 1 heterocycles. The lowest BCUT2D eigenvalue weighted by Gasteiger charge is -2.05. The highest BCUT2D eigenvalue weighted by Crippen LogP contribution is 2.36. The third-order valence-electron chi connectivity index (χ3n) is 4.09. The number of aromatic nitrogens is 4. The third kappa shape index (κ3) is 3.66. The van der Waals surface area contributed by atoms with Crippen LogP contribution in [0.15, 0.2) is 54.6 Å². The zero-order chi connectivity index (χ0) is 17.9. The highest BCUT2D eigenvalue weighted by molar-refractivity contribution is 6.02. The van der Waals surface area contributed by atoms with E-state index in [0.717, 1.165) is 29.8 Å². The summed E-state index contributed by atoms with van der Waals surface area (Å²) < 4.78 is 14.7. The van der Waals surface area contributed by atoms with Gasteiger partial charge in [-0.15, -0.1) is 5.10 Å². The number of amides is 1. The van der Waals surface area contributed by atoms with E-state index in [4.69, 9.17) is 0 Å². The molecule has 6 nitrogen and oxygen atoms in total. The maximum Gasteiger partial charge on any atom is 0.248 e. The first kappa shape index (κ1) is 16.1. The number of tetrazole rings is 1. The van der Waals surface area contributed by atoms with Gasteiger partial charge in [-0.25, -0.2) is 9.07 Å². The van der Waals surface area contributed by atoms with Crippen LogP contribution in [0.1, 0.15) is 24.4 Å². The SMILES string of the molecule is O=C(/C=C/c1ccc(F)cc1)Nc1ccc(-c2nnnn2C2CC2)cc1. The zero-order valence-electron chi connectivity index (χ0n) is 13.8. The maximum atomic E-state index is 12.9. The normalized spacial score (nSPS) is 13.9. The molecule has 0 spiro atoms. The Bertz CT molecular complexity index is 943. The van der Waals surface area contributed by atoms with Gasteiger partial charge in [-0.3, -0.25) is 4.79 Å². The van der Waals surface area contributed by atoms with Gasteiger partial charge in [0, 0.05) is 17.3 Å². The summed E-state index contributed by atoms with van der Waals surface area (Å²) in [4.78, 5) is 12.0. The molecule has 0 atom stereocenters. The van der Waals surface area contributed by atoms with Crippen molar-refractivity contribution in [3.05, 3.63) is 66.0 Å². The Balaban J connectivity index is 1.41. The number of carbonyl (C=O) groups excluding carboxylic acids is 1. The molecule has 0 saturated heterocycles. The van der Waals surface area contributed by atoms with Crippen LogP contribution < -0.4 is 5.32 Å². The molecular formula is C19H16FN5O. The summed E-state index contributed by atoms with van der Waals surface area (Å²) in [5.41, 5.74) is 2.33. The molecule has 130 valence electrons. The minimum atomic E-state index is -0.306. The lowest BCUT2D eigenvalue weighted by Crippen LogP contribution is -2.07. The van der Waals surface area contributed by atoms with E-state index >= 15 is 0 Å². The highest BCUT2D eigenvalue weighted by atomic mass is 19.1. The molecule has 0 radical (unpaired) electrons. The summed E-state index contributed by atoms with van der Waals surface area (Å²) in [6.07, 6.45) is 5.25. The highest BCUT2D eigenvalue weighted by Gasteiger charge is 2.28. The van der Waals surface area contributed by atoms with Crippen LogP contribution in [0.25, 0.3) is 17.5 Å². The van der Waals surface area contributed by atoms with Gasteiger partial charge >= 0.3 is 0 Å². The standard InChI is InChI=1S/C19H16FN5O/c20-15-6-1-13(2-7-15)3-12-18(26)21-16-8-4-14(5-9-16)19-22-23-24-25(19)17-10-11-17/h1-9,12,17H,10-11H2,(H,21,26)/b12-3+. The fourth-order valence-electron chi connectivity index (χ4n) is 2.58. The summed E-state index contributed by atoms with van der Waals surface area (Å²) in [5.74, 6) is 0.172. The van der Waals surface area contributed by atoms with Crippen molar-refractivity contribution >= 4 is 17.7 Å². The Morgan fingerprint density at radius 2 is 1.85 bits per heavy atom. The van der Waals surface area contributed by atoms with Crippen LogP contribution >= 0.6 is 0 Å². The Kier molecular flexibility index (Phi) is 4.27. The summed E-state index contributed by atoms with van der Waals surface area (Å²) in [6, 6.07) is 13.7. The average Bonchev–Trinajstić information content (AvgIpc) is 3.39. The van der Waals surface area contributed by atoms with E-state index in [-0.39, 0.29) is 11.7 Å². The number of nitrogens with zero attached hydrogens (tertiary/aromatic N) is 4. The van der Waals surface area contributed by atoms with Gasteiger partial charge in [0.2, 0.25) is 5.91 Å². The second-order valence-electron chi connectivity index (χ2n) is 6.13. The van der Waals surface area contributed by atoms with Gasteiger partial charge in [-0.2, -0.15) is 0 Å². The molecule has 1 fully saturated rings. The third-order valence-corrected chi connectivity index (χ3v) is 4.09. The fourth-order valence-corrected chi connectivity index (χ4v) is 2.58. The van der Waals surface area contributed by atoms with Crippen molar-refractivity contribution in [3.63, 3.8) is 0 Å². The Morgan fingerprint density at radius 1 is 1.12 bits per heavy atom. The van der Waals surface area contributed by atoms with Gasteiger partial charge in [0.05, 0.1) is 6.04 Å². The number of hydrogen-bond acceptors (Lipinski definition) is 4. The van der Waals surface area contributed by atoms with Crippen molar-refractivity contribution < 1.29 is 9.18 Å². The van der Waals surface area contributed by atoms with Gasteiger partial charge in [0.15, 0.2) is 5.82 Å². The first-order valence-corrected chi connectivity index (χ1v) is 8.32. The van der Waals surface area contributed by atoms with Gasteiger partial charge in [-0.05, 0) is 71.3 Å². The molecule has 3 aromatic rings. The van der Waals surface area contributed by atoms with Crippen LogP contribution in [0.4, 0.5) is 10.1 Å². The van der Waals surface area contributed by atoms with Gasteiger partial charge in [0.1, 0.15) is 5.82 Å². The number of nitrogens with one attached hydrogen (secondary N) is 1. The molecule has 26 heavy (non-hydrogen) atoms. The van der Waals surface area contributed by atoms with Crippen LogP contribution in [0, 0.1) is 5.82 Å². The molecule has 1 aliphatic carbocycles. The molecule has 1 aromatic heterocycles. The van der Waals surface area contributed by atoms with Gasteiger partial charge < -0.3 is 5.32 Å². The molecule has 1 aliphatic rings. The maximum absolute atomic E-state index is 12.9. The van der Waals surface area contributed by atoms with E-state index in [2.05, 4.69) is 20.8 Å². The van der Waals surface area contributed by atoms with E-state index in [0.29, 0.717) is 11.7 Å². The second-order valence-corrected chi connectivity index (χ2v) is 6.13. The van der Waals surface area contributed by atoms with Crippen molar-refractivity contribution in [1.82, 2.24) is 20.2 Å². The predicted molar refractivity (Wildman–Crippen MR) is 95.6 cm³/mol. The number of carbonyl (C=O) groups is 1. The molecule has 0 aliphatic heterocycles. The Labute approximate surface area is 149 Å². The Morgan fingerprint density at radius 3 is 2.54 bits per heavy atom. The van der Waals surface area contributed by atoms with E-state index in [9.17, 15) is 9.18 Å². The smallest absolute Gasteiger partial charge is 0.248 e. The second kappa shape index (κ2) is 6.87. The molecule has 1 N–H and O–H groups in total. The molecule has 4 rings (SSSR count). The van der Waals surface area contributed by atoms with Crippen LogP contribution in [-0.4, -0.2) is 26.1 Å². The Hall–Kier alpha value is -3.35. The quantitative estimate of drug-likeness (QED) is 0.716. The molecule has 1 saturated carbocycles. The van der Waals surface area contributed by atoms with E-state index in [1.807, 2.05) is 28.9 Å². The van der Waals surface area contributed by atoms with E-state index in [1.165, 1.54) is 18.2 Å². The minimum Gasteiger partial charge on any atom is -0.323 e.